The van der Waals surface area contributed by atoms with Crippen LogP contribution in [0, 0.1) is 10.1 Å². The molecule has 0 aliphatic rings. The lowest BCUT2D eigenvalue weighted by molar-refractivity contribution is -0.385. The van der Waals surface area contributed by atoms with E-state index in [9.17, 15) is 14.9 Å². The molecule has 0 radical (unpaired) electrons. The summed E-state index contributed by atoms with van der Waals surface area (Å²) in [5, 5.41) is 15.1. The van der Waals surface area contributed by atoms with Gasteiger partial charge in [-0.2, -0.15) is 5.10 Å². The van der Waals surface area contributed by atoms with Crippen LogP contribution in [0.3, 0.4) is 0 Å². The Morgan fingerprint density at radius 2 is 1.88 bits per heavy atom. The standard InChI is InChI=1S/C16H14ClN3O5/c1-24-14-7-10(12(17)8-15(14)25-2)9-18-19-16(21)11-5-3-4-6-13(11)20(22)23/h3-9H,1-2H3,(H,19,21)/b18-9+. The molecule has 130 valence electrons. The predicted octanol–water partition coefficient (Wildman–Crippen LogP) is 3.03. The average Bonchev–Trinajstić information content (AvgIpc) is 2.62. The van der Waals surface area contributed by atoms with Crippen molar-refractivity contribution in [3.05, 3.63) is 62.7 Å². The fourth-order valence-electron chi connectivity index (χ4n) is 2.01. The van der Waals surface area contributed by atoms with Gasteiger partial charge in [0.2, 0.25) is 0 Å². The van der Waals surface area contributed by atoms with Crippen LogP contribution in [-0.2, 0) is 0 Å². The number of nitrogens with zero attached hydrogens (tertiary/aromatic N) is 2. The van der Waals surface area contributed by atoms with E-state index in [4.69, 9.17) is 21.1 Å². The van der Waals surface area contributed by atoms with Crippen molar-refractivity contribution in [2.24, 2.45) is 5.10 Å². The minimum absolute atomic E-state index is 0.0944. The van der Waals surface area contributed by atoms with Crippen LogP contribution >= 0.6 is 11.6 Å². The highest BCUT2D eigenvalue weighted by molar-refractivity contribution is 6.33. The molecule has 0 saturated carbocycles. The number of nitrogens with one attached hydrogen (secondary N) is 1. The minimum Gasteiger partial charge on any atom is -0.493 e. The molecule has 2 aromatic rings. The van der Waals surface area contributed by atoms with E-state index in [1.165, 1.54) is 44.7 Å². The minimum atomic E-state index is -0.708. The van der Waals surface area contributed by atoms with Crippen molar-refractivity contribution in [3.8, 4) is 11.5 Å². The maximum atomic E-state index is 12.1. The number of carbonyl (C=O) groups excluding carboxylic acids is 1. The van der Waals surface area contributed by atoms with Crippen molar-refractivity contribution in [1.29, 1.82) is 0 Å². The Labute approximate surface area is 148 Å². The number of halogens is 1. The molecule has 0 aliphatic carbocycles. The van der Waals surface area contributed by atoms with Crippen molar-refractivity contribution < 1.29 is 19.2 Å². The van der Waals surface area contributed by atoms with Crippen molar-refractivity contribution >= 4 is 29.4 Å². The zero-order chi connectivity index (χ0) is 18.4. The van der Waals surface area contributed by atoms with E-state index >= 15 is 0 Å². The number of benzene rings is 2. The summed E-state index contributed by atoms with van der Waals surface area (Å²) in [6.07, 6.45) is 1.30. The first-order valence-corrected chi connectivity index (χ1v) is 7.34. The maximum absolute atomic E-state index is 12.1. The van der Waals surface area contributed by atoms with Gasteiger partial charge in [-0.05, 0) is 12.1 Å². The molecule has 0 spiro atoms. The Hall–Kier alpha value is -3.13. The molecule has 1 amide bonds. The third kappa shape index (κ3) is 4.24. The molecule has 0 unspecified atom stereocenters. The number of rotatable bonds is 6. The summed E-state index contributed by atoms with van der Waals surface area (Å²) in [7, 11) is 2.96. The van der Waals surface area contributed by atoms with Crippen molar-refractivity contribution in [2.45, 2.75) is 0 Å². The number of hydrazone groups is 1. The van der Waals surface area contributed by atoms with Gasteiger partial charge in [-0.25, -0.2) is 5.43 Å². The normalized spacial score (nSPS) is 10.5. The smallest absolute Gasteiger partial charge is 0.282 e. The molecule has 0 atom stereocenters. The number of ether oxygens (including phenoxy) is 2. The summed E-state index contributed by atoms with van der Waals surface area (Å²) in [5.41, 5.74) is 2.31. The van der Waals surface area contributed by atoms with Gasteiger partial charge in [0.05, 0.1) is 30.4 Å². The lowest BCUT2D eigenvalue weighted by Crippen LogP contribution is -2.19. The Morgan fingerprint density at radius 1 is 1.24 bits per heavy atom. The third-order valence-electron chi connectivity index (χ3n) is 3.22. The highest BCUT2D eigenvalue weighted by Gasteiger charge is 2.18. The van der Waals surface area contributed by atoms with E-state index in [0.717, 1.165) is 0 Å². The van der Waals surface area contributed by atoms with E-state index in [0.29, 0.717) is 22.1 Å². The molecule has 9 heteroatoms. The first-order valence-electron chi connectivity index (χ1n) is 6.96. The lowest BCUT2D eigenvalue weighted by atomic mass is 10.2. The number of nitro groups is 1. The van der Waals surface area contributed by atoms with Crippen molar-refractivity contribution in [3.63, 3.8) is 0 Å². The van der Waals surface area contributed by atoms with E-state index in [1.807, 2.05) is 0 Å². The molecule has 0 bridgehead atoms. The largest absolute Gasteiger partial charge is 0.493 e. The molecule has 0 heterocycles. The summed E-state index contributed by atoms with van der Waals surface area (Å²) in [6, 6.07) is 8.71. The fourth-order valence-corrected chi connectivity index (χ4v) is 2.22. The predicted molar refractivity (Wildman–Crippen MR) is 92.7 cm³/mol. The monoisotopic (exact) mass is 363 g/mol. The number of carbonyl (C=O) groups is 1. The maximum Gasteiger partial charge on any atom is 0.282 e. The topological polar surface area (TPSA) is 103 Å². The van der Waals surface area contributed by atoms with Crippen LogP contribution in [0.1, 0.15) is 15.9 Å². The van der Waals surface area contributed by atoms with Gasteiger partial charge in [0.25, 0.3) is 11.6 Å². The number of hydrogen-bond acceptors (Lipinski definition) is 6. The van der Waals surface area contributed by atoms with Gasteiger partial charge in [0.15, 0.2) is 11.5 Å². The second-order valence-corrected chi connectivity index (χ2v) is 5.11. The van der Waals surface area contributed by atoms with Gasteiger partial charge >= 0.3 is 0 Å². The molecule has 0 saturated heterocycles. The average molecular weight is 364 g/mol. The zero-order valence-electron chi connectivity index (χ0n) is 13.4. The molecule has 25 heavy (non-hydrogen) atoms. The zero-order valence-corrected chi connectivity index (χ0v) is 14.1. The summed E-state index contributed by atoms with van der Waals surface area (Å²) in [5.74, 6) is 0.187. The van der Waals surface area contributed by atoms with Gasteiger partial charge in [0.1, 0.15) is 5.56 Å². The second kappa shape index (κ2) is 8.11. The Kier molecular flexibility index (Phi) is 5.91. The number of para-hydroxylation sites is 1. The second-order valence-electron chi connectivity index (χ2n) is 4.70. The van der Waals surface area contributed by atoms with Crippen LogP contribution in [0.5, 0.6) is 11.5 Å². The van der Waals surface area contributed by atoms with Crippen LogP contribution in [0.15, 0.2) is 41.5 Å². The van der Waals surface area contributed by atoms with E-state index in [2.05, 4.69) is 10.5 Å². The summed E-state index contributed by atoms with van der Waals surface area (Å²) in [6.45, 7) is 0. The van der Waals surface area contributed by atoms with E-state index < -0.39 is 10.8 Å². The summed E-state index contributed by atoms with van der Waals surface area (Å²) in [4.78, 5) is 22.4. The molecule has 0 aromatic heterocycles. The number of nitro benzene ring substituents is 1. The highest BCUT2D eigenvalue weighted by atomic mass is 35.5. The summed E-state index contributed by atoms with van der Waals surface area (Å²) >= 11 is 6.11. The number of methoxy groups -OCH3 is 2. The van der Waals surface area contributed by atoms with Gasteiger partial charge in [-0.1, -0.05) is 23.7 Å². The third-order valence-corrected chi connectivity index (χ3v) is 3.55. The Morgan fingerprint density at radius 3 is 2.52 bits per heavy atom. The molecule has 1 N–H and O–H groups in total. The fraction of sp³-hybridized carbons (Fsp3) is 0.125. The Balaban J connectivity index is 2.19. The van der Waals surface area contributed by atoms with Crippen LogP contribution < -0.4 is 14.9 Å². The summed E-state index contributed by atoms with van der Waals surface area (Å²) < 4.78 is 10.3. The van der Waals surface area contributed by atoms with Crippen molar-refractivity contribution in [2.75, 3.05) is 14.2 Å². The first kappa shape index (κ1) is 18.2. The van der Waals surface area contributed by atoms with Crippen molar-refractivity contribution in [1.82, 2.24) is 5.43 Å². The van der Waals surface area contributed by atoms with Gasteiger partial charge in [0, 0.05) is 17.7 Å². The molecule has 0 fully saturated rings. The number of hydrogen-bond donors (Lipinski definition) is 1. The highest BCUT2D eigenvalue weighted by Crippen LogP contribution is 2.32. The lowest BCUT2D eigenvalue weighted by Gasteiger charge is -2.09. The molecular weight excluding hydrogens is 350 g/mol. The molecule has 2 aromatic carbocycles. The molecule has 0 aliphatic heterocycles. The SMILES string of the molecule is COc1cc(Cl)c(/C=N/NC(=O)c2ccccc2[N+](=O)[O-])cc1OC. The van der Waals surface area contributed by atoms with Gasteiger partial charge in [-0.15, -0.1) is 0 Å². The molecule has 2 rings (SSSR count). The quantitative estimate of drug-likeness (QED) is 0.482. The van der Waals surface area contributed by atoms with Crippen LogP contribution in [0.25, 0.3) is 0 Å². The van der Waals surface area contributed by atoms with Crippen LogP contribution in [0.2, 0.25) is 5.02 Å². The molecule has 8 nitrogen and oxygen atoms in total. The molecular formula is C16H14ClN3O5. The van der Waals surface area contributed by atoms with Crippen LogP contribution in [-0.4, -0.2) is 31.3 Å². The number of amides is 1. The Bertz CT molecular complexity index is 839. The van der Waals surface area contributed by atoms with Crippen LogP contribution in [0.4, 0.5) is 5.69 Å². The first-order chi connectivity index (χ1) is 12.0. The van der Waals surface area contributed by atoms with Gasteiger partial charge in [-0.3, -0.25) is 14.9 Å². The van der Waals surface area contributed by atoms with E-state index in [-0.39, 0.29) is 11.3 Å². The van der Waals surface area contributed by atoms with Gasteiger partial charge < -0.3 is 9.47 Å². The van der Waals surface area contributed by atoms with E-state index in [1.54, 1.807) is 12.1 Å².